The van der Waals surface area contributed by atoms with Gasteiger partial charge in [-0.25, -0.2) is 4.79 Å². The first-order valence-corrected chi connectivity index (χ1v) is 7.97. The third kappa shape index (κ3) is 3.87. The van der Waals surface area contributed by atoms with Crippen molar-refractivity contribution < 1.29 is 9.53 Å². The first-order chi connectivity index (χ1) is 12.2. The fourth-order valence-electron chi connectivity index (χ4n) is 2.38. The second-order valence-electron chi connectivity index (χ2n) is 5.24. The summed E-state index contributed by atoms with van der Waals surface area (Å²) in [5, 5.41) is 4.22. The van der Waals surface area contributed by atoms with Gasteiger partial charge in [-0.1, -0.05) is 54.1 Å². The van der Waals surface area contributed by atoms with Crippen LogP contribution < -0.4 is 10.6 Å². The first-order valence-electron chi connectivity index (χ1n) is 7.59. The summed E-state index contributed by atoms with van der Waals surface area (Å²) in [7, 11) is 0. The summed E-state index contributed by atoms with van der Waals surface area (Å²) >= 11 is 6.01. The van der Waals surface area contributed by atoms with E-state index in [4.69, 9.17) is 22.2 Å². The van der Waals surface area contributed by atoms with Crippen LogP contribution in [0.5, 0.6) is 5.75 Å². The van der Waals surface area contributed by atoms with Crippen LogP contribution in [-0.2, 0) is 0 Å². The quantitative estimate of drug-likeness (QED) is 0.251. The number of carbonyl (C=O) groups is 1. The number of hydrogen-bond acceptors (Lipinski definition) is 4. The van der Waals surface area contributed by atoms with Gasteiger partial charge in [0.25, 0.3) is 0 Å². The molecule has 3 rings (SSSR count). The molecule has 0 bridgehead atoms. The molecule has 0 heterocycles. The number of halogens is 1. The predicted molar refractivity (Wildman–Crippen MR) is 99.1 cm³/mol. The van der Waals surface area contributed by atoms with Crippen LogP contribution in [0.15, 0.2) is 84.0 Å². The zero-order valence-electron chi connectivity index (χ0n) is 13.2. The SMILES string of the molecule is N/N=C(/c1ccccc1)c1ccc(OC(=O)c2ccccc2Cl)cc1. The van der Waals surface area contributed by atoms with Crippen molar-refractivity contribution in [3.05, 3.63) is 101 Å². The van der Waals surface area contributed by atoms with Gasteiger partial charge >= 0.3 is 5.97 Å². The summed E-state index contributed by atoms with van der Waals surface area (Å²) in [6, 6.07) is 23.3. The molecular weight excluding hydrogens is 336 g/mol. The van der Waals surface area contributed by atoms with E-state index in [9.17, 15) is 4.79 Å². The van der Waals surface area contributed by atoms with Crippen molar-refractivity contribution in [3.63, 3.8) is 0 Å². The molecule has 3 aromatic carbocycles. The van der Waals surface area contributed by atoms with Crippen molar-refractivity contribution >= 4 is 23.3 Å². The molecule has 0 spiro atoms. The van der Waals surface area contributed by atoms with Gasteiger partial charge in [0.1, 0.15) is 5.75 Å². The van der Waals surface area contributed by atoms with E-state index in [1.807, 2.05) is 30.3 Å². The van der Waals surface area contributed by atoms with E-state index in [1.165, 1.54) is 0 Å². The third-order valence-corrected chi connectivity index (χ3v) is 3.94. The lowest BCUT2D eigenvalue weighted by molar-refractivity contribution is 0.0735. The predicted octanol–water partition coefficient (Wildman–Crippen LogP) is 4.27. The molecule has 5 heteroatoms. The Morgan fingerprint density at radius 2 is 1.44 bits per heavy atom. The Balaban J connectivity index is 1.79. The van der Waals surface area contributed by atoms with E-state index in [-0.39, 0.29) is 0 Å². The Kier molecular flexibility index (Phi) is 5.11. The molecule has 0 radical (unpaired) electrons. The molecule has 0 fully saturated rings. The summed E-state index contributed by atoms with van der Waals surface area (Å²) < 4.78 is 5.36. The summed E-state index contributed by atoms with van der Waals surface area (Å²) in [6.45, 7) is 0. The smallest absolute Gasteiger partial charge is 0.345 e. The van der Waals surface area contributed by atoms with Crippen LogP contribution in [0.1, 0.15) is 21.5 Å². The molecule has 2 N–H and O–H groups in total. The summed E-state index contributed by atoms with van der Waals surface area (Å²) in [5.41, 5.74) is 2.71. The van der Waals surface area contributed by atoms with Gasteiger partial charge in [0, 0.05) is 11.1 Å². The van der Waals surface area contributed by atoms with Gasteiger partial charge in [-0.15, -0.1) is 0 Å². The highest BCUT2D eigenvalue weighted by Gasteiger charge is 2.13. The maximum atomic E-state index is 12.2. The second kappa shape index (κ2) is 7.64. The Morgan fingerprint density at radius 1 is 0.840 bits per heavy atom. The largest absolute Gasteiger partial charge is 0.423 e. The Morgan fingerprint density at radius 3 is 2.08 bits per heavy atom. The fraction of sp³-hybridized carbons (Fsp3) is 0. The zero-order valence-corrected chi connectivity index (χ0v) is 14.0. The Labute approximate surface area is 150 Å². The average Bonchev–Trinajstić information content (AvgIpc) is 2.65. The highest BCUT2D eigenvalue weighted by molar-refractivity contribution is 6.33. The van der Waals surface area contributed by atoms with Gasteiger partial charge in [-0.3, -0.25) is 0 Å². The number of nitrogens with two attached hydrogens (primary N) is 1. The van der Waals surface area contributed by atoms with Crippen molar-refractivity contribution in [2.24, 2.45) is 10.9 Å². The molecule has 0 amide bonds. The van der Waals surface area contributed by atoms with Crippen LogP contribution in [-0.4, -0.2) is 11.7 Å². The monoisotopic (exact) mass is 350 g/mol. The van der Waals surface area contributed by atoms with E-state index in [0.29, 0.717) is 22.0 Å². The maximum Gasteiger partial charge on any atom is 0.345 e. The topological polar surface area (TPSA) is 64.7 Å². The number of hydrazone groups is 1. The van der Waals surface area contributed by atoms with E-state index in [0.717, 1.165) is 11.1 Å². The summed E-state index contributed by atoms with van der Waals surface area (Å²) in [6.07, 6.45) is 0. The molecule has 0 saturated carbocycles. The van der Waals surface area contributed by atoms with Gasteiger partial charge in [0.2, 0.25) is 0 Å². The molecule has 0 saturated heterocycles. The number of hydrogen-bond donors (Lipinski definition) is 1. The Hall–Kier alpha value is -3.11. The van der Waals surface area contributed by atoms with Gasteiger partial charge < -0.3 is 10.6 Å². The van der Waals surface area contributed by atoms with Crippen molar-refractivity contribution in [1.82, 2.24) is 0 Å². The van der Waals surface area contributed by atoms with Crippen LogP contribution in [0, 0.1) is 0 Å². The molecule has 124 valence electrons. The molecule has 0 atom stereocenters. The van der Waals surface area contributed by atoms with Crippen molar-refractivity contribution in [1.29, 1.82) is 0 Å². The van der Waals surface area contributed by atoms with E-state index < -0.39 is 5.97 Å². The third-order valence-electron chi connectivity index (χ3n) is 3.61. The minimum Gasteiger partial charge on any atom is -0.423 e. The lowest BCUT2D eigenvalue weighted by atomic mass is 10.0. The normalized spacial score (nSPS) is 11.2. The van der Waals surface area contributed by atoms with Crippen LogP contribution in [0.3, 0.4) is 0 Å². The number of carbonyl (C=O) groups excluding carboxylic acids is 1. The lowest BCUT2D eigenvalue weighted by Crippen LogP contribution is -2.10. The number of benzene rings is 3. The zero-order chi connectivity index (χ0) is 17.6. The highest BCUT2D eigenvalue weighted by Crippen LogP contribution is 2.20. The fourth-order valence-corrected chi connectivity index (χ4v) is 2.59. The molecule has 25 heavy (non-hydrogen) atoms. The minimum absolute atomic E-state index is 0.321. The molecule has 0 aliphatic rings. The maximum absolute atomic E-state index is 12.2. The number of nitrogens with zero attached hydrogens (tertiary/aromatic N) is 1. The standard InChI is InChI=1S/C20H15ClN2O2/c21-18-9-5-4-8-17(18)20(24)25-16-12-10-15(11-13-16)19(23-22)14-6-2-1-3-7-14/h1-13H,22H2/b23-19-. The van der Waals surface area contributed by atoms with Gasteiger partial charge in [0.15, 0.2) is 0 Å². The summed E-state index contributed by atoms with van der Waals surface area (Å²) in [4.78, 5) is 12.2. The van der Waals surface area contributed by atoms with Gasteiger partial charge in [0.05, 0.1) is 16.3 Å². The molecule has 4 nitrogen and oxygen atoms in total. The van der Waals surface area contributed by atoms with Crippen LogP contribution in [0.2, 0.25) is 5.02 Å². The summed E-state index contributed by atoms with van der Waals surface area (Å²) in [5.74, 6) is 5.45. The van der Waals surface area contributed by atoms with Crippen molar-refractivity contribution in [2.45, 2.75) is 0 Å². The molecule has 0 aliphatic carbocycles. The highest BCUT2D eigenvalue weighted by atomic mass is 35.5. The number of esters is 1. The molecule has 0 unspecified atom stereocenters. The molecule has 0 aliphatic heterocycles. The lowest BCUT2D eigenvalue weighted by Gasteiger charge is -2.08. The molecular formula is C20H15ClN2O2. The van der Waals surface area contributed by atoms with Gasteiger partial charge in [-0.2, -0.15) is 5.10 Å². The molecule has 0 aromatic heterocycles. The van der Waals surface area contributed by atoms with Crippen LogP contribution >= 0.6 is 11.6 Å². The van der Waals surface area contributed by atoms with Crippen LogP contribution in [0.4, 0.5) is 0 Å². The average molecular weight is 351 g/mol. The van der Waals surface area contributed by atoms with Crippen LogP contribution in [0.25, 0.3) is 0 Å². The minimum atomic E-state index is -0.505. The first kappa shape index (κ1) is 16.7. The van der Waals surface area contributed by atoms with E-state index >= 15 is 0 Å². The number of ether oxygens (including phenoxy) is 1. The van der Waals surface area contributed by atoms with Crippen molar-refractivity contribution in [3.8, 4) is 5.75 Å². The van der Waals surface area contributed by atoms with Gasteiger partial charge in [-0.05, 0) is 36.4 Å². The Bertz CT molecular complexity index is 906. The van der Waals surface area contributed by atoms with E-state index in [2.05, 4.69) is 5.10 Å². The van der Waals surface area contributed by atoms with Crippen molar-refractivity contribution in [2.75, 3.05) is 0 Å². The second-order valence-corrected chi connectivity index (χ2v) is 5.64. The van der Waals surface area contributed by atoms with E-state index in [1.54, 1.807) is 48.5 Å². The number of rotatable bonds is 4. The molecule has 3 aromatic rings.